The lowest BCUT2D eigenvalue weighted by atomic mass is 10.2. The maximum atomic E-state index is 5.35. The molecule has 0 atom stereocenters. The summed E-state index contributed by atoms with van der Waals surface area (Å²) in [5.41, 5.74) is 5.35. The molecular formula is C9H18N2. The molecule has 0 aliphatic carbocycles. The Morgan fingerprint density at radius 1 is 1.18 bits per heavy atom. The van der Waals surface area contributed by atoms with E-state index in [1.54, 1.807) is 0 Å². The molecule has 0 unspecified atom stereocenters. The van der Waals surface area contributed by atoms with Gasteiger partial charge in [-0.3, -0.25) is 0 Å². The van der Waals surface area contributed by atoms with Crippen molar-refractivity contribution in [3.05, 3.63) is 0 Å². The van der Waals surface area contributed by atoms with Crippen LogP contribution in [0.4, 0.5) is 0 Å². The number of unbranched alkanes of at least 4 members (excludes halogenated alkanes) is 3. The van der Waals surface area contributed by atoms with Gasteiger partial charge in [-0.15, -0.1) is 6.42 Å². The van der Waals surface area contributed by atoms with Gasteiger partial charge in [0.25, 0.3) is 0 Å². The predicted molar refractivity (Wildman–Crippen MR) is 49.2 cm³/mol. The van der Waals surface area contributed by atoms with Crippen LogP contribution in [0.3, 0.4) is 0 Å². The highest BCUT2D eigenvalue weighted by molar-refractivity contribution is 4.86. The maximum Gasteiger partial charge on any atom is 0.0573 e. The fourth-order valence-electron chi connectivity index (χ4n) is 0.908. The van der Waals surface area contributed by atoms with Crippen LogP contribution in [-0.2, 0) is 0 Å². The van der Waals surface area contributed by atoms with Gasteiger partial charge < -0.3 is 11.1 Å². The van der Waals surface area contributed by atoms with Crippen LogP contribution in [0, 0.1) is 12.3 Å². The van der Waals surface area contributed by atoms with Gasteiger partial charge in [-0.05, 0) is 25.9 Å². The van der Waals surface area contributed by atoms with Gasteiger partial charge in [-0.1, -0.05) is 18.8 Å². The molecule has 0 bridgehead atoms. The molecular weight excluding hydrogens is 136 g/mol. The van der Waals surface area contributed by atoms with Crippen LogP contribution < -0.4 is 11.1 Å². The lowest BCUT2D eigenvalue weighted by molar-refractivity contribution is 0.612. The van der Waals surface area contributed by atoms with Crippen molar-refractivity contribution in [2.45, 2.75) is 25.7 Å². The molecule has 0 fully saturated rings. The van der Waals surface area contributed by atoms with Crippen molar-refractivity contribution in [1.82, 2.24) is 5.32 Å². The van der Waals surface area contributed by atoms with Crippen molar-refractivity contribution >= 4 is 0 Å². The van der Waals surface area contributed by atoms with Crippen LogP contribution in [0.25, 0.3) is 0 Å². The molecule has 0 radical (unpaired) electrons. The lowest BCUT2D eigenvalue weighted by Crippen LogP contribution is -2.15. The quantitative estimate of drug-likeness (QED) is 0.419. The first-order valence-corrected chi connectivity index (χ1v) is 4.26. The molecule has 0 aliphatic heterocycles. The van der Waals surface area contributed by atoms with Gasteiger partial charge in [-0.25, -0.2) is 0 Å². The van der Waals surface area contributed by atoms with E-state index in [0.29, 0.717) is 6.54 Å². The summed E-state index contributed by atoms with van der Waals surface area (Å²) < 4.78 is 0. The second-order valence-electron chi connectivity index (χ2n) is 2.58. The molecule has 0 heterocycles. The summed E-state index contributed by atoms with van der Waals surface area (Å²) in [6.07, 6.45) is 9.92. The Bertz CT molecular complexity index is 105. The van der Waals surface area contributed by atoms with Crippen LogP contribution in [0.1, 0.15) is 25.7 Å². The second-order valence-corrected chi connectivity index (χ2v) is 2.58. The normalized spacial score (nSPS) is 9.45. The highest BCUT2D eigenvalue weighted by Crippen LogP contribution is 1.96. The van der Waals surface area contributed by atoms with Gasteiger partial charge in [0, 0.05) is 0 Å². The molecule has 3 N–H and O–H groups in total. The lowest BCUT2D eigenvalue weighted by Gasteiger charge is -1.99. The summed E-state index contributed by atoms with van der Waals surface area (Å²) in [4.78, 5) is 0. The van der Waals surface area contributed by atoms with Crippen LogP contribution >= 0.6 is 0 Å². The number of nitrogens with one attached hydrogen (secondary N) is 1. The monoisotopic (exact) mass is 154 g/mol. The maximum absolute atomic E-state index is 5.35. The second kappa shape index (κ2) is 9.48. The summed E-state index contributed by atoms with van der Waals surface area (Å²) in [6, 6.07) is 0. The molecule has 0 aromatic heterocycles. The first-order valence-electron chi connectivity index (χ1n) is 4.26. The highest BCUT2D eigenvalue weighted by Gasteiger charge is 1.87. The number of terminal acetylenes is 1. The van der Waals surface area contributed by atoms with Gasteiger partial charge in [0.1, 0.15) is 0 Å². The van der Waals surface area contributed by atoms with Gasteiger partial charge in [0.2, 0.25) is 0 Å². The topological polar surface area (TPSA) is 38.0 Å². The molecule has 0 saturated heterocycles. The summed E-state index contributed by atoms with van der Waals surface area (Å²) in [5.74, 6) is 2.54. The Labute approximate surface area is 69.5 Å². The van der Waals surface area contributed by atoms with Gasteiger partial charge in [0.15, 0.2) is 0 Å². The molecule has 0 aromatic carbocycles. The first-order chi connectivity index (χ1) is 5.41. The van der Waals surface area contributed by atoms with E-state index in [0.717, 1.165) is 19.5 Å². The molecule has 64 valence electrons. The minimum Gasteiger partial charge on any atom is -0.330 e. The molecule has 0 aromatic rings. The van der Waals surface area contributed by atoms with E-state index in [4.69, 9.17) is 12.2 Å². The standard InChI is InChI=1S/C9H18N2/c1-2-8-11-9-6-4-3-5-7-10/h1,11H,3-10H2. The Hall–Kier alpha value is -0.520. The Kier molecular flexibility index (Phi) is 9.03. The fourth-order valence-corrected chi connectivity index (χ4v) is 0.908. The minimum atomic E-state index is 0.691. The van der Waals surface area contributed by atoms with Crippen molar-refractivity contribution in [3.63, 3.8) is 0 Å². The molecule has 11 heavy (non-hydrogen) atoms. The van der Waals surface area contributed by atoms with E-state index in [9.17, 15) is 0 Å². The average molecular weight is 154 g/mol. The summed E-state index contributed by atoms with van der Waals surface area (Å²) in [5, 5.41) is 3.14. The summed E-state index contributed by atoms with van der Waals surface area (Å²) in [6.45, 7) is 2.55. The molecule has 0 aliphatic rings. The predicted octanol–water partition coefficient (Wildman–Crippen LogP) is 0.728. The summed E-state index contributed by atoms with van der Waals surface area (Å²) >= 11 is 0. The van der Waals surface area contributed by atoms with Crippen molar-refractivity contribution in [2.75, 3.05) is 19.6 Å². The van der Waals surface area contributed by atoms with Crippen LogP contribution in [0.15, 0.2) is 0 Å². The largest absolute Gasteiger partial charge is 0.330 e. The van der Waals surface area contributed by atoms with E-state index in [1.165, 1.54) is 19.3 Å². The number of nitrogens with two attached hydrogens (primary N) is 1. The van der Waals surface area contributed by atoms with Crippen molar-refractivity contribution in [2.24, 2.45) is 5.73 Å². The number of hydrogen-bond donors (Lipinski definition) is 2. The zero-order valence-corrected chi connectivity index (χ0v) is 7.10. The van der Waals surface area contributed by atoms with Crippen LogP contribution in [0.5, 0.6) is 0 Å². The Morgan fingerprint density at radius 3 is 2.55 bits per heavy atom. The van der Waals surface area contributed by atoms with Crippen molar-refractivity contribution in [3.8, 4) is 12.3 Å². The Balaban J connectivity index is 2.75. The van der Waals surface area contributed by atoms with E-state index < -0.39 is 0 Å². The van der Waals surface area contributed by atoms with Gasteiger partial charge in [0.05, 0.1) is 6.54 Å². The number of hydrogen-bond acceptors (Lipinski definition) is 2. The molecule has 0 saturated carbocycles. The summed E-state index contributed by atoms with van der Waals surface area (Å²) in [7, 11) is 0. The third kappa shape index (κ3) is 9.48. The number of rotatable bonds is 7. The zero-order valence-electron chi connectivity index (χ0n) is 7.10. The third-order valence-corrected chi connectivity index (χ3v) is 1.53. The van der Waals surface area contributed by atoms with E-state index >= 15 is 0 Å². The molecule has 0 amide bonds. The molecule has 2 nitrogen and oxygen atoms in total. The van der Waals surface area contributed by atoms with E-state index in [-0.39, 0.29) is 0 Å². The third-order valence-electron chi connectivity index (χ3n) is 1.53. The SMILES string of the molecule is C#CCNCCCCCCN. The smallest absolute Gasteiger partial charge is 0.0573 e. The molecule has 0 spiro atoms. The van der Waals surface area contributed by atoms with Crippen molar-refractivity contribution < 1.29 is 0 Å². The molecule has 2 heteroatoms. The fraction of sp³-hybridized carbons (Fsp3) is 0.778. The average Bonchev–Trinajstić information content (AvgIpc) is 2.03. The van der Waals surface area contributed by atoms with Gasteiger partial charge in [-0.2, -0.15) is 0 Å². The van der Waals surface area contributed by atoms with E-state index in [2.05, 4.69) is 11.2 Å². The van der Waals surface area contributed by atoms with Crippen LogP contribution in [0.2, 0.25) is 0 Å². The van der Waals surface area contributed by atoms with E-state index in [1.807, 2.05) is 0 Å². The highest BCUT2D eigenvalue weighted by atomic mass is 14.8. The van der Waals surface area contributed by atoms with Gasteiger partial charge >= 0.3 is 0 Å². The minimum absolute atomic E-state index is 0.691. The zero-order chi connectivity index (χ0) is 8.36. The Morgan fingerprint density at radius 2 is 1.91 bits per heavy atom. The first kappa shape index (κ1) is 10.5. The van der Waals surface area contributed by atoms with Crippen molar-refractivity contribution in [1.29, 1.82) is 0 Å². The molecule has 0 rings (SSSR count). The van der Waals surface area contributed by atoms with Crippen LogP contribution in [-0.4, -0.2) is 19.6 Å².